The van der Waals surface area contributed by atoms with Gasteiger partial charge in [-0.05, 0) is 42.3 Å². The fourth-order valence-corrected chi connectivity index (χ4v) is 2.24. The number of ether oxygens (including phenoxy) is 2. The van der Waals surface area contributed by atoms with Crippen molar-refractivity contribution in [1.82, 2.24) is 0 Å². The summed E-state index contributed by atoms with van der Waals surface area (Å²) in [7, 11) is 0. The molecule has 6 nitrogen and oxygen atoms in total. The van der Waals surface area contributed by atoms with E-state index < -0.39 is 18.5 Å². The first-order valence-corrected chi connectivity index (χ1v) is 8.63. The van der Waals surface area contributed by atoms with E-state index in [9.17, 15) is 9.59 Å². The molecule has 0 aliphatic carbocycles. The first-order chi connectivity index (χ1) is 13.0. The van der Waals surface area contributed by atoms with Gasteiger partial charge in [-0.15, -0.1) is 0 Å². The Kier molecular flexibility index (Phi) is 7.38. The van der Waals surface area contributed by atoms with E-state index in [4.69, 9.17) is 14.7 Å². The van der Waals surface area contributed by atoms with Crippen molar-refractivity contribution in [2.45, 2.75) is 13.8 Å². The number of anilines is 1. The number of esters is 1. The smallest absolute Gasteiger partial charge is 0.338 e. The predicted octanol–water partition coefficient (Wildman–Crippen LogP) is 3.43. The number of benzene rings is 2. The van der Waals surface area contributed by atoms with Gasteiger partial charge in [0.15, 0.2) is 6.61 Å². The highest BCUT2D eigenvalue weighted by Gasteiger charge is 2.18. The minimum absolute atomic E-state index is 0.123. The van der Waals surface area contributed by atoms with Gasteiger partial charge in [0.1, 0.15) is 12.3 Å². The zero-order valence-electron chi connectivity index (χ0n) is 15.4. The number of carbonyl (C=O) groups is 2. The van der Waals surface area contributed by atoms with Crippen LogP contribution in [0.3, 0.4) is 0 Å². The Morgan fingerprint density at radius 1 is 1.07 bits per heavy atom. The first-order valence-electron chi connectivity index (χ1n) is 8.63. The van der Waals surface area contributed by atoms with Crippen molar-refractivity contribution in [3.05, 3.63) is 60.2 Å². The highest BCUT2D eigenvalue weighted by Crippen LogP contribution is 2.15. The van der Waals surface area contributed by atoms with Crippen LogP contribution in [0.2, 0.25) is 0 Å². The number of rotatable bonds is 8. The van der Waals surface area contributed by atoms with Gasteiger partial charge in [-0.25, -0.2) is 4.79 Å². The SMILES string of the molecule is CC(C)COc1ccc(C(=O)OCC(=O)N(CC#N)c2ccccc2)cc1. The molecule has 0 aliphatic heterocycles. The van der Waals surface area contributed by atoms with Gasteiger partial charge >= 0.3 is 5.97 Å². The molecule has 2 rings (SSSR count). The van der Waals surface area contributed by atoms with Gasteiger partial charge in [0.2, 0.25) is 0 Å². The monoisotopic (exact) mass is 366 g/mol. The van der Waals surface area contributed by atoms with Gasteiger partial charge in [-0.3, -0.25) is 9.69 Å². The Morgan fingerprint density at radius 3 is 2.33 bits per heavy atom. The molecular formula is C21H22N2O4. The predicted molar refractivity (Wildman–Crippen MR) is 101 cm³/mol. The van der Waals surface area contributed by atoms with Crippen LogP contribution in [-0.2, 0) is 9.53 Å². The van der Waals surface area contributed by atoms with E-state index in [2.05, 4.69) is 0 Å². The van der Waals surface area contributed by atoms with E-state index in [1.165, 1.54) is 4.90 Å². The topological polar surface area (TPSA) is 79.6 Å². The van der Waals surface area contributed by atoms with E-state index in [1.807, 2.05) is 26.0 Å². The highest BCUT2D eigenvalue weighted by molar-refractivity contribution is 5.97. The minimum Gasteiger partial charge on any atom is -0.493 e. The maximum Gasteiger partial charge on any atom is 0.338 e. The normalized spacial score (nSPS) is 10.1. The second-order valence-corrected chi connectivity index (χ2v) is 6.28. The molecule has 2 aromatic rings. The number of carbonyl (C=O) groups excluding carboxylic acids is 2. The van der Waals surface area contributed by atoms with Crippen LogP contribution < -0.4 is 9.64 Å². The summed E-state index contributed by atoms with van der Waals surface area (Å²) < 4.78 is 10.7. The summed E-state index contributed by atoms with van der Waals surface area (Å²) in [5, 5.41) is 8.94. The molecule has 6 heteroatoms. The third-order valence-electron chi connectivity index (χ3n) is 3.60. The molecule has 0 atom stereocenters. The van der Waals surface area contributed by atoms with Crippen molar-refractivity contribution in [3.63, 3.8) is 0 Å². The summed E-state index contributed by atoms with van der Waals surface area (Å²) in [5.74, 6) is -0.000981. The largest absolute Gasteiger partial charge is 0.493 e. The van der Waals surface area contributed by atoms with Crippen molar-refractivity contribution in [2.75, 3.05) is 24.7 Å². The van der Waals surface area contributed by atoms with Crippen LogP contribution in [0.1, 0.15) is 24.2 Å². The number of nitriles is 1. The van der Waals surface area contributed by atoms with Gasteiger partial charge in [0.05, 0.1) is 18.2 Å². The van der Waals surface area contributed by atoms with Crippen molar-refractivity contribution in [2.24, 2.45) is 5.92 Å². The lowest BCUT2D eigenvalue weighted by atomic mass is 10.2. The molecule has 0 N–H and O–H groups in total. The summed E-state index contributed by atoms with van der Waals surface area (Å²) in [6, 6.07) is 17.3. The lowest BCUT2D eigenvalue weighted by Crippen LogP contribution is -2.35. The van der Waals surface area contributed by atoms with Crippen LogP contribution in [0, 0.1) is 17.2 Å². The van der Waals surface area contributed by atoms with Crippen molar-refractivity contribution < 1.29 is 19.1 Å². The van der Waals surface area contributed by atoms with Gasteiger partial charge in [-0.2, -0.15) is 5.26 Å². The average Bonchev–Trinajstić information content (AvgIpc) is 2.69. The van der Waals surface area contributed by atoms with Crippen molar-refractivity contribution >= 4 is 17.6 Å². The molecule has 2 aromatic carbocycles. The Hall–Kier alpha value is -3.33. The van der Waals surface area contributed by atoms with Crippen molar-refractivity contribution in [1.29, 1.82) is 5.26 Å². The van der Waals surface area contributed by atoms with Crippen LogP contribution in [0.15, 0.2) is 54.6 Å². The summed E-state index contributed by atoms with van der Waals surface area (Å²) in [6.07, 6.45) is 0. The molecular weight excluding hydrogens is 344 g/mol. The Labute approximate surface area is 158 Å². The molecule has 0 heterocycles. The third kappa shape index (κ3) is 6.15. The van der Waals surface area contributed by atoms with Crippen molar-refractivity contribution in [3.8, 4) is 11.8 Å². The van der Waals surface area contributed by atoms with Crippen LogP contribution in [0.25, 0.3) is 0 Å². The fraction of sp³-hybridized carbons (Fsp3) is 0.286. The summed E-state index contributed by atoms with van der Waals surface area (Å²) in [4.78, 5) is 25.8. The van der Waals surface area contributed by atoms with Crippen LogP contribution in [0.4, 0.5) is 5.69 Å². The summed E-state index contributed by atoms with van der Waals surface area (Å²) >= 11 is 0. The molecule has 0 aliphatic rings. The highest BCUT2D eigenvalue weighted by atomic mass is 16.5. The average molecular weight is 366 g/mol. The van der Waals surface area contributed by atoms with Gasteiger partial charge in [0.25, 0.3) is 5.91 Å². The molecule has 0 radical (unpaired) electrons. The second kappa shape index (κ2) is 9.97. The molecule has 27 heavy (non-hydrogen) atoms. The lowest BCUT2D eigenvalue weighted by molar-refractivity contribution is -0.121. The maximum absolute atomic E-state index is 12.4. The van der Waals surface area contributed by atoms with E-state index in [0.29, 0.717) is 29.5 Å². The number of hydrogen-bond donors (Lipinski definition) is 0. The number of nitrogens with zero attached hydrogens (tertiary/aromatic N) is 2. The maximum atomic E-state index is 12.4. The molecule has 0 aromatic heterocycles. The number of amides is 1. The summed E-state index contributed by atoms with van der Waals surface area (Å²) in [5.41, 5.74) is 0.901. The van der Waals surface area contributed by atoms with E-state index in [0.717, 1.165) is 0 Å². The molecule has 0 saturated heterocycles. The Morgan fingerprint density at radius 2 is 1.74 bits per heavy atom. The summed E-state index contributed by atoms with van der Waals surface area (Å²) in [6.45, 7) is 4.12. The Balaban J connectivity index is 1.93. The van der Waals surface area contributed by atoms with E-state index in [-0.39, 0.29) is 6.54 Å². The quantitative estimate of drug-likeness (QED) is 0.528. The standard InChI is InChI=1S/C21H22N2O4/c1-16(2)14-26-19-10-8-17(9-11-19)21(25)27-15-20(24)23(13-12-22)18-6-4-3-5-7-18/h3-11,16H,13-15H2,1-2H3. The first kappa shape index (κ1) is 20.0. The van der Waals surface area contributed by atoms with Gasteiger partial charge < -0.3 is 9.47 Å². The minimum atomic E-state index is -0.608. The third-order valence-corrected chi connectivity index (χ3v) is 3.60. The molecule has 1 amide bonds. The van der Waals surface area contributed by atoms with Crippen LogP contribution in [0.5, 0.6) is 5.75 Å². The molecule has 0 bridgehead atoms. The lowest BCUT2D eigenvalue weighted by Gasteiger charge is -2.19. The molecule has 140 valence electrons. The zero-order valence-corrected chi connectivity index (χ0v) is 15.4. The van der Waals surface area contributed by atoms with Gasteiger partial charge in [0, 0.05) is 5.69 Å². The van der Waals surface area contributed by atoms with E-state index >= 15 is 0 Å². The van der Waals surface area contributed by atoms with Crippen LogP contribution in [-0.4, -0.2) is 31.6 Å². The second-order valence-electron chi connectivity index (χ2n) is 6.28. The van der Waals surface area contributed by atoms with E-state index in [1.54, 1.807) is 48.5 Å². The molecule has 0 unspecified atom stereocenters. The molecule has 0 fully saturated rings. The van der Waals surface area contributed by atoms with Crippen LogP contribution >= 0.6 is 0 Å². The molecule has 0 saturated carbocycles. The van der Waals surface area contributed by atoms with Gasteiger partial charge in [-0.1, -0.05) is 32.0 Å². The fourth-order valence-electron chi connectivity index (χ4n) is 2.24. The number of para-hydroxylation sites is 1. The Bertz CT molecular complexity index is 795. The zero-order chi connectivity index (χ0) is 19.6. The molecule has 0 spiro atoms. The number of hydrogen-bond acceptors (Lipinski definition) is 5.